The average molecular weight is 470 g/mol. The van der Waals surface area contributed by atoms with Gasteiger partial charge in [0, 0.05) is 47.7 Å². The highest BCUT2D eigenvalue weighted by Crippen LogP contribution is 2.30. The number of carbonyl (C=O) groups is 2. The number of aromatic nitrogens is 1. The van der Waals surface area contributed by atoms with E-state index in [4.69, 9.17) is 0 Å². The number of pyridine rings is 1. The van der Waals surface area contributed by atoms with Crippen molar-refractivity contribution in [3.8, 4) is 0 Å². The number of piperidine rings is 1. The quantitative estimate of drug-likeness (QED) is 0.491. The van der Waals surface area contributed by atoms with Crippen LogP contribution < -0.4 is 10.2 Å². The first kappa shape index (κ1) is 19.4. The van der Waals surface area contributed by atoms with Crippen LogP contribution in [0.2, 0.25) is 0 Å². The lowest BCUT2D eigenvalue weighted by molar-refractivity contribution is -0.140. The van der Waals surface area contributed by atoms with Crippen molar-refractivity contribution in [3.05, 3.63) is 24.5 Å². The molecule has 1 aromatic rings. The maximum Gasteiger partial charge on any atom is 0.239 e. The fourth-order valence-electron chi connectivity index (χ4n) is 3.49. The summed E-state index contributed by atoms with van der Waals surface area (Å²) < 4.78 is 0.865. The van der Waals surface area contributed by atoms with Gasteiger partial charge in [-0.1, -0.05) is 22.6 Å². The van der Waals surface area contributed by atoms with Crippen molar-refractivity contribution < 1.29 is 9.59 Å². The number of carbonyl (C=O) groups excluding carboxylic acids is 2. The first-order valence-electron chi connectivity index (χ1n) is 9.39. The van der Waals surface area contributed by atoms with Crippen molar-refractivity contribution >= 4 is 40.1 Å². The predicted octanol–water partition coefficient (Wildman–Crippen LogP) is 2.23. The second kappa shape index (κ2) is 9.01. The molecule has 1 saturated carbocycles. The van der Waals surface area contributed by atoms with Crippen LogP contribution in [-0.2, 0) is 9.59 Å². The minimum atomic E-state index is -0.0452. The molecule has 2 fully saturated rings. The predicted molar refractivity (Wildman–Crippen MR) is 110 cm³/mol. The minimum Gasteiger partial charge on any atom is -0.371 e. The average Bonchev–Trinajstić information content (AvgIpc) is 3.51. The summed E-state index contributed by atoms with van der Waals surface area (Å²) in [6, 6.07) is 4.37. The fraction of sp³-hybridized carbons (Fsp3) is 0.632. The number of anilines is 1. The molecular weight excluding hydrogens is 443 g/mol. The van der Waals surface area contributed by atoms with Gasteiger partial charge in [0.25, 0.3) is 0 Å². The normalized spacial score (nSPS) is 21.2. The van der Waals surface area contributed by atoms with Gasteiger partial charge >= 0.3 is 0 Å². The molecule has 1 aliphatic carbocycles. The standard InChI is InChI=1S/C19H27IN4O2/c1-14(11-20)22-18(25)13-24(17-4-5-17)19(26)15-3-2-10-23(12-15)16-6-8-21-9-7-16/h6-9,14-15,17H,2-5,10-13H2,1H3,(H,22,25)/t14-,15?/m1/s1. The Morgan fingerprint density at radius 2 is 2.08 bits per heavy atom. The van der Waals surface area contributed by atoms with Crippen molar-refractivity contribution in [2.75, 3.05) is 29.0 Å². The van der Waals surface area contributed by atoms with Crippen LogP contribution in [0.5, 0.6) is 0 Å². The van der Waals surface area contributed by atoms with Gasteiger partial charge in [-0.05, 0) is 44.7 Å². The molecule has 3 rings (SSSR count). The topological polar surface area (TPSA) is 65.5 Å². The molecule has 0 aromatic carbocycles. The molecule has 0 spiro atoms. The SMILES string of the molecule is C[C@H](CI)NC(=O)CN(C(=O)C1CCCN(c2ccncc2)C1)C1CC1. The number of alkyl halides is 1. The van der Waals surface area contributed by atoms with Gasteiger partial charge in [-0.25, -0.2) is 0 Å². The molecule has 2 heterocycles. The van der Waals surface area contributed by atoms with E-state index in [1.54, 1.807) is 12.4 Å². The van der Waals surface area contributed by atoms with Crippen LogP contribution in [0.15, 0.2) is 24.5 Å². The van der Waals surface area contributed by atoms with E-state index < -0.39 is 0 Å². The summed E-state index contributed by atoms with van der Waals surface area (Å²) >= 11 is 2.26. The maximum atomic E-state index is 13.2. The van der Waals surface area contributed by atoms with Gasteiger partial charge in [-0.15, -0.1) is 0 Å². The van der Waals surface area contributed by atoms with E-state index in [1.807, 2.05) is 24.0 Å². The van der Waals surface area contributed by atoms with Crippen molar-refractivity contribution in [3.63, 3.8) is 0 Å². The van der Waals surface area contributed by atoms with Crippen molar-refractivity contribution in [2.24, 2.45) is 5.92 Å². The Hall–Kier alpha value is -1.38. The Kier molecular flexibility index (Phi) is 6.72. The number of amides is 2. The van der Waals surface area contributed by atoms with Crippen LogP contribution in [0.3, 0.4) is 0 Å². The van der Waals surface area contributed by atoms with Crippen molar-refractivity contribution in [1.82, 2.24) is 15.2 Å². The molecule has 1 unspecified atom stereocenters. The number of hydrogen-bond donors (Lipinski definition) is 1. The van der Waals surface area contributed by atoms with E-state index in [1.165, 1.54) is 0 Å². The summed E-state index contributed by atoms with van der Waals surface area (Å²) in [6.07, 6.45) is 7.50. The molecule has 2 atom stereocenters. The zero-order chi connectivity index (χ0) is 18.5. The Labute approximate surface area is 168 Å². The molecule has 1 aliphatic heterocycles. The highest BCUT2D eigenvalue weighted by atomic mass is 127. The number of halogens is 1. The zero-order valence-corrected chi connectivity index (χ0v) is 17.4. The van der Waals surface area contributed by atoms with Gasteiger partial charge in [0.1, 0.15) is 0 Å². The summed E-state index contributed by atoms with van der Waals surface area (Å²) in [7, 11) is 0. The highest BCUT2D eigenvalue weighted by Gasteiger charge is 2.38. The van der Waals surface area contributed by atoms with E-state index in [0.717, 1.165) is 48.9 Å². The minimum absolute atomic E-state index is 0.0349. The molecular formula is C19H27IN4O2. The van der Waals surface area contributed by atoms with Gasteiger partial charge in [0.2, 0.25) is 11.8 Å². The van der Waals surface area contributed by atoms with Gasteiger partial charge < -0.3 is 15.1 Å². The van der Waals surface area contributed by atoms with E-state index in [2.05, 4.69) is 37.8 Å². The van der Waals surface area contributed by atoms with Crippen LogP contribution in [0.4, 0.5) is 5.69 Å². The lowest BCUT2D eigenvalue weighted by Crippen LogP contribution is -2.49. The molecule has 26 heavy (non-hydrogen) atoms. The summed E-state index contributed by atoms with van der Waals surface area (Å²) in [6.45, 7) is 3.86. The molecule has 6 nitrogen and oxygen atoms in total. The third kappa shape index (κ3) is 5.08. The first-order valence-corrected chi connectivity index (χ1v) is 10.9. The second-order valence-corrected chi connectivity index (χ2v) is 8.19. The summed E-state index contributed by atoms with van der Waals surface area (Å²) in [5.41, 5.74) is 1.11. The Morgan fingerprint density at radius 1 is 1.35 bits per heavy atom. The highest BCUT2D eigenvalue weighted by molar-refractivity contribution is 14.1. The van der Waals surface area contributed by atoms with Crippen LogP contribution in [-0.4, -0.2) is 57.8 Å². The van der Waals surface area contributed by atoms with Gasteiger partial charge in [-0.3, -0.25) is 14.6 Å². The summed E-state index contributed by atoms with van der Waals surface area (Å²) in [5.74, 6) is 0.0621. The van der Waals surface area contributed by atoms with Gasteiger partial charge in [0.05, 0.1) is 12.5 Å². The van der Waals surface area contributed by atoms with Crippen LogP contribution in [0, 0.1) is 5.92 Å². The Morgan fingerprint density at radius 3 is 2.73 bits per heavy atom. The van der Waals surface area contributed by atoms with E-state index in [-0.39, 0.29) is 36.4 Å². The Bertz CT molecular complexity index is 623. The van der Waals surface area contributed by atoms with Crippen molar-refractivity contribution in [1.29, 1.82) is 0 Å². The fourth-order valence-corrected chi connectivity index (χ4v) is 3.71. The first-order chi connectivity index (χ1) is 12.6. The van der Waals surface area contributed by atoms with Crippen molar-refractivity contribution in [2.45, 2.75) is 44.7 Å². The monoisotopic (exact) mass is 470 g/mol. The van der Waals surface area contributed by atoms with Crippen LogP contribution in [0.25, 0.3) is 0 Å². The molecule has 142 valence electrons. The summed E-state index contributed by atoms with van der Waals surface area (Å²) in [4.78, 5) is 33.6. The third-order valence-corrected chi connectivity index (χ3v) is 6.34. The van der Waals surface area contributed by atoms with E-state index >= 15 is 0 Å². The molecule has 1 N–H and O–H groups in total. The summed E-state index contributed by atoms with van der Waals surface area (Å²) in [5, 5.41) is 2.98. The molecule has 0 radical (unpaired) electrons. The molecule has 0 bridgehead atoms. The molecule has 7 heteroatoms. The number of hydrogen-bond acceptors (Lipinski definition) is 4. The number of nitrogens with zero attached hydrogens (tertiary/aromatic N) is 3. The molecule has 1 aromatic heterocycles. The van der Waals surface area contributed by atoms with Crippen LogP contribution >= 0.6 is 22.6 Å². The van der Waals surface area contributed by atoms with E-state index in [0.29, 0.717) is 0 Å². The molecule has 2 aliphatic rings. The van der Waals surface area contributed by atoms with Crippen LogP contribution in [0.1, 0.15) is 32.6 Å². The smallest absolute Gasteiger partial charge is 0.239 e. The number of nitrogens with one attached hydrogen (secondary N) is 1. The van der Waals surface area contributed by atoms with Gasteiger partial charge in [-0.2, -0.15) is 0 Å². The maximum absolute atomic E-state index is 13.2. The molecule has 1 saturated heterocycles. The lowest BCUT2D eigenvalue weighted by Gasteiger charge is -2.36. The third-order valence-electron chi connectivity index (χ3n) is 5.02. The molecule has 2 amide bonds. The van der Waals surface area contributed by atoms with E-state index in [9.17, 15) is 9.59 Å². The number of rotatable bonds is 7. The largest absolute Gasteiger partial charge is 0.371 e. The Balaban J connectivity index is 1.62. The van der Waals surface area contributed by atoms with Gasteiger partial charge in [0.15, 0.2) is 0 Å². The second-order valence-electron chi connectivity index (χ2n) is 7.31. The lowest BCUT2D eigenvalue weighted by atomic mass is 9.96. The zero-order valence-electron chi connectivity index (χ0n) is 15.2.